The van der Waals surface area contributed by atoms with E-state index in [4.69, 9.17) is 0 Å². The monoisotopic (exact) mass is 322 g/mol. The van der Waals surface area contributed by atoms with Crippen molar-refractivity contribution in [3.63, 3.8) is 0 Å². The van der Waals surface area contributed by atoms with Crippen molar-refractivity contribution in [3.05, 3.63) is 35.9 Å². The van der Waals surface area contributed by atoms with Gasteiger partial charge in [0.1, 0.15) is 16.1 Å². The van der Waals surface area contributed by atoms with Gasteiger partial charge in [0, 0.05) is 6.54 Å². The van der Waals surface area contributed by atoms with Crippen LogP contribution in [0, 0.1) is 0 Å². The van der Waals surface area contributed by atoms with E-state index in [2.05, 4.69) is 4.40 Å². The average molecular weight is 322 g/mol. The summed E-state index contributed by atoms with van der Waals surface area (Å²) in [5, 5.41) is 9.52. The molecule has 1 fully saturated rings. The molecule has 0 spiro atoms. The van der Waals surface area contributed by atoms with Crippen LogP contribution in [0.3, 0.4) is 0 Å². The maximum absolute atomic E-state index is 12.0. The summed E-state index contributed by atoms with van der Waals surface area (Å²) < 4.78 is 15.7. The summed E-state index contributed by atoms with van der Waals surface area (Å²) >= 11 is -1.37. The molecular weight excluding hydrogens is 300 g/mol. The van der Waals surface area contributed by atoms with Crippen molar-refractivity contribution >= 4 is 23.7 Å². The van der Waals surface area contributed by atoms with Crippen LogP contribution in [0.25, 0.3) is 0 Å². The second kappa shape index (κ2) is 6.30. The molecule has 2 rings (SSSR count). The van der Waals surface area contributed by atoms with Crippen molar-refractivity contribution in [2.24, 2.45) is 4.40 Å². The van der Waals surface area contributed by atoms with Gasteiger partial charge < -0.3 is 9.66 Å². The van der Waals surface area contributed by atoms with Crippen LogP contribution in [-0.4, -0.2) is 37.2 Å². The van der Waals surface area contributed by atoms with Gasteiger partial charge in [-0.3, -0.25) is 4.90 Å². The Morgan fingerprint density at radius 1 is 1.41 bits per heavy atom. The lowest BCUT2D eigenvalue weighted by molar-refractivity contribution is 0.130. The summed E-state index contributed by atoms with van der Waals surface area (Å²) in [5.74, 6) is 0. The third kappa shape index (κ3) is 4.01. The molecule has 1 aliphatic rings. The lowest BCUT2D eigenvalue weighted by atomic mass is 10.1. The number of amides is 1. The predicted octanol–water partition coefficient (Wildman–Crippen LogP) is 3.23. The molecule has 1 unspecified atom stereocenters. The van der Waals surface area contributed by atoms with Gasteiger partial charge in [0.15, 0.2) is 0 Å². The van der Waals surface area contributed by atoms with E-state index in [9.17, 15) is 14.5 Å². The number of hydrogen-bond acceptors (Lipinski definition) is 3. The van der Waals surface area contributed by atoms with Gasteiger partial charge in [0.25, 0.3) is 0 Å². The third-order valence-electron chi connectivity index (χ3n) is 3.63. The number of rotatable bonds is 5. The fraction of sp³-hybridized carbons (Fsp3) is 0.500. The Hall–Kier alpha value is -1.53. The standard InChI is InChI=1S/C16H22N2O3S/c1-15(2,3)22(21)17-12-16(9-10-16)18(14(19)20)11-13-7-5-4-6-8-13/h4-8,12H,9-11H2,1-3H3,(H,19,20)/b17-12+. The predicted molar refractivity (Wildman–Crippen MR) is 88.4 cm³/mol. The van der Waals surface area contributed by atoms with Crippen molar-refractivity contribution in [1.29, 1.82) is 0 Å². The zero-order valence-electron chi connectivity index (χ0n) is 13.2. The Bertz CT molecular complexity index is 550. The van der Waals surface area contributed by atoms with Gasteiger partial charge in [-0.25, -0.2) is 4.79 Å². The van der Waals surface area contributed by atoms with Crippen molar-refractivity contribution in [3.8, 4) is 0 Å². The van der Waals surface area contributed by atoms with Gasteiger partial charge in [-0.2, -0.15) is 0 Å². The summed E-state index contributed by atoms with van der Waals surface area (Å²) in [6, 6.07) is 9.47. The third-order valence-corrected chi connectivity index (χ3v) is 4.97. The van der Waals surface area contributed by atoms with Gasteiger partial charge in [0.2, 0.25) is 0 Å². The second-order valence-electron chi connectivity index (χ2n) is 6.55. The van der Waals surface area contributed by atoms with E-state index >= 15 is 0 Å². The molecule has 0 saturated heterocycles. The first-order valence-electron chi connectivity index (χ1n) is 7.26. The molecule has 1 aromatic rings. The number of nitrogens with zero attached hydrogens (tertiary/aromatic N) is 2. The van der Waals surface area contributed by atoms with E-state index in [0.717, 1.165) is 18.4 Å². The van der Waals surface area contributed by atoms with Gasteiger partial charge >= 0.3 is 6.09 Å². The van der Waals surface area contributed by atoms with E-state index in [1.54, 1.807) is 6.21 Å². The minimum absolute atomic E-state index is 0.310. The zero-order chi connectivity index (χ0) is 16.4. The molecule has 1 saturated carbocycles. The Labute approximate surface area is 134 Å². The minimum atomic E-state index is -1.37. The minimum Gasteiger partial charge on any atom is -0.591 e. The summed E-state index contributed by atoms with van der Waals surface area (Å²) in [6.45, 7) is 5.85. The number of carboxylic acid groups (broad SMARTS) is 1. The topological polar surface area (TPSA) is 76.0 Å². The van der Waals surface area contributed by atoms with Crippen molar-refractivity contribution in [2.45, 2.75) is 50.4 Å². The van der Waals surface area contributed by atoms with Gasteiger partial charge in [-0.05, 0) is 39.2 Å². The van der Waals surface area contributed by atoms with E-state index < -0.39 is 27.7 Å². The highest BCUT2D eigenvalue weighted by atomic mass is 32.2. The summed E-state index contributed by atoms with van der Waals surface area (Å²) in [4.78, 5) is 13.0. The first-order valence-corrected chi connectivity index (χ1v) is 8.37. The molecule has 1 atom stereocenters. The molecular formula is C16H22N2O3S. The lowest BCUT2D eigenvalue weighted by Gasteiger charge is -2.27. The molecule has 6 heteroatoms. The van der Waals surface area contributed by atoms with Crippen molar-refractivity contribution in [1.82, 2.24) is 4.90 Å². The Balaban J connectivity index is 2.14. The largest absolute Gasteiger partial charge is 0.591 e. The van der Waals surface area contributed by atoms with Crippen molar-refractivity contribution in [2.75, 3.05) is 0 Å². The highest BCUT2D eigenvalue weighted by Crippen LogP contribution is 2.41. The zero-order valence-corrected chi connectivity index (χ0v) is 14.0. The van der Waals surface area contributed by atoms with Crippen LogP contribution >= 0.6 is 0 Å². The number of benzene rings is 1. The van der Waals surface area contributed by atoms with E-state index in [1.165, 1.54) is 4.90 Å². The normalized spacial score (nSPS) is 18.2. The lowest BCUT2D eigenvalue weighted by Crippen LogP contribution is -2.42. The molecule has 1 aromatic carbocycles. The van der Waals surface area contributed by atoms with Crippen LogP contribution < -0.4 is 0 Å². The molecule has 0 radical (unpaired) electrons. The molecule has 1 aliphatic carbocycles. The molecule has 120 valence electrons. The molecule has 5 nitrogen and oxygen atoms in total. The Morgan fingerprint density at radius 2 is 2.00 bits per heavy atom. The molecule has 22 heavy (non-hydrogen) atoms. The van der Waals surface area contributed by atoms with Gasteiger partial charge in [-0.1, -0.05) is 34.7 Å². The van der Waals surface area contributed by atoms with E-state index in [0.29, 0.717) is 6.54 Å². The fourth-order valence-corrected chi connectivity index (χ4v) is 2.69. The highest BCUT2D eigenvalue weighted by Gasteiger charge is 2.50. The summed E-state index contributed by atoms with van der Waals surface area (Å²) in [5.41, 5.74) is 0.323. The fourth-order valence-electron chi connectivity index (χ4n) is 2.08. The Kier molecular flexibility index (Phi) is 4.82. The average Bonchev–Trinajstić information content (AvgIpc) is 3.23. The van der Waals surface area contributed by atoms with Crippen LogP contribution in [0.15, 0.2) is 34.7 Å². The van der Waals surface area contributed by atoms with E-state index in [-0.39, 0.29) is 0 Å². The molecule has 0 aromatic heterocycles. The van der Waals surface area contributed by atoms with Crippen LogP contribution in [0.1, 0.15) is 39.2 Å². The molecule has 1 amide bonds. The molecule has 0 heterocycles. The van der Waals surface area contributed by atoms with Gasteiger partial charge in [0.05, 0.1) is 11.8 Å². The second-order valence-corrected chi connectivity index (χ2v) is 8.49. The quantitative estimate of drug-likeness (QED) is 0.668. The number of hydrogen-bond donors (Lipinski definition) is 1. The van der Waals surface area contributed by atoms with Crippen LogP contribution in [0.4, 0.5) is 4.79 Å². The van der Waals surface area contributed by atoms with Gasteiger partial charge in [-0.15, -0.1) is 0 Å². The van der Waals surface area contributed by atoms with Crippen molar-refractivity contribution < 1.29 is 14.5 Å². The smallest absolute Gasteiger partial charge is 0.408 e. The number of carbonyl (C=O) groups is 1. The van der Waals surface area contributed by atoms with Crippen LogP contribution in [0.2, 0.25) is 0 Å². The molecule has 1 N–H and O–H groups in total. The Morgan fingerprint density at radius 3 is 2.45 bits per heavy atom. The summed E-state index contributed by atoms with van der Waals surface area (Å²) in [6.07, 6.45) is 2.04. The molecule has 0 bridgehead atoms. The van der Waals surface area contributed by atoms with Crippen LogP contribution in [-0.2, 0) is 17.9 Å². The molecule has 0 aliphatic heterocycles. The van der Waals surface area contributed by atoms with E-state index in [1.807, 2.05) is 51.1 Å². The maximum Gasteiger partial charge on any atom is 0.408 e. The first kappa shape index (κ1) is 16.8. The maximum atomic E-state index is 12.0. The van der Waals surface area contributed by atoms with Crippen LogP contribution in [0.5, 0.6) is 0 Å². The SMILES string of the molecule is CC(C)(C)[S+]([O-])/N=C/C1(N(Cc2ccccc2)C(=O)O)CC1. The first-order chi connectivity index (χ1) is 10.2. The highest BCUT2D eigenvalue weighted by molar-refractivity contribution is 7.91. The summed E-state index contributed by atoms with van der Waals surface area (Å²) in [7, 11) is 0.